The van der Waals surface area contributed by atoms with Crippen LogP contribution >= 0.6 is 0 Å². The highest BCUT2D eigenvalue weighted by molar-refractivity contribution is 5.86. The number of para-hydroxylation sites is 1. The summed E-state index contributed by atoms with van der Waals surface area (Å²) >= 11 is 0. The second kappa shape index (κ2) is 4.19. The van der Waals surface area contributed by atoms with Gasteiger partial charge in [-0.2, -0.15) is 0 Å². The molecule has 17 heavy (non-hydrogen) atoms. The number of hydrogen-bond acceptors (Lipinski definition) is 1. The molecule has 90 valence electrons. The fourth-order valence-corrected chi connectivity index (χ4v) is 2.98. The highest BCUT2D eigenvalue weighted by Gasteiger charge is 2.20. The molecule has 2 heteroatoms. The zero-order valence-electron chi connectivity index (χ0n) is 10.7. The number of aromatic amines is 1. The molecule has 0 radical (unpaired) electrons. The Hall–Kier alpha value is -1.28. The number of likely N-dealkylation sites (tertiary alicyclic amines) is 1. The van der Waals surface area contributed by atoms with Crippen molar-refractivity contribution in [1.29, 1.82) is 0 Å². The van der Waals surface area contributed by atoms with Crippen LogP contribution in [0.25, 0.3) is 10.9 Å². The number of H-pyrrole nitrogens is 1. The molecule has 0 saturated carbocycles. The Bertz CT molecular complexity index is 519. The van der Waals surface area contributed by atoms with Crippen LogP contribution in [0.5, 0.6) is 0 Å². The molecule has 0 amide bonds. The van der Waals surface area contributed by atoms with Crippen LogP contribution in [0.3, 0.4) is 0 Å². The topological polar surface area (TPSA) is 19.0 Å². The summed E-state index contributed by atoms with van der Waals surface area (Å²) in [5.41, 5.74) is 4.19. The Morgan fingerprint density at radius 3 is 2.76 bits per heavy atom. The first-order valence-electron chi connectivity index (χ1n) is 6.51. The predicted octanol–water partition coefficient (Wildman–Crippen LogP) is 3.29. The van der Waals surface area contributed by atoms with Gasteiger partial charge in [0.1, 0.15) is 0 Å². The molecule has 1 saturated heterocycles. The number of aryl methyl sites for hydroxylation is 1. The van der Waals surface area contributed by atoms with Gasteiger partial charge in [-0.15, -0.1) is 0 Å². The van der Waals surface area contributed by atoms with Crippen LogP contribution in [0, 0.1) is 6.92 Å². The summed E-state index contributed by atoms with van der Waals surface area (Å²) in [6.07, 6.45) is 4.81. The molecule has 3 rings (SSSR count). The Morgan fingerprint density at radius 2 is 2.00 bits per heavy atom. The lowest BCUT2D eigenvalue weighted by atomic mass is 9.89. The molecule has 1 fully saturated rings. The monoisotopic (exact) mass is 228 g/mol. The zero-order chi connectivity index (χ0) is 11.8. The molecule has 1 aliphatic heterocycles. The van der Waals surface area contributed by atoms with E-state index < -0.39 is 0 Å². The summed E-state index contributed by atoms with van der Waals surface area (Å²) in [7, 11) is 2.22. The third-order valence-corrected chi connectivity index (χ3v) is 4.11. The van der Waals surface area contributed by atoms with Crippen LogP contribution in [0.4, 0.5) is 0 Å². The molecule has 1 aliphatic rings. The molecule has 2 heterocycles. The number of rotatable bonds is 1. The van der Waals surface area contributed by atoms with Crippen molar-refractivity contribution >= 4 is 10.9 Å². The largest absolute Gasteiger partial charge is 0.361 e. The van der Waals surface area contributed by atoms with Gasteiger partial charge >= 0.3 is 0 Å². The van der Waals surface area contributed by atoms with Gasteiger partial charge in [0, 0.05) is 17.1 Å². The quantitative estimate of drug-likeness (QED) is 0.793. The molecule has 2 nitrogen and oxygen atoms in total. The van der Waals surface area contributed by atoms with Gasteiger partial charge < -0.3 is 9.88 Å². The minimum absolute atomic E-state index is 0.738. The van der Waals surface area contributed by atoms with Crippen molar-refractivity contribution in [2.45, 2.75) is 25.7 Å². The van der Waals surface area contributed by atoms with E-state index in [9.17, 15) is 0 Å². The van der Waals surface area contributed by atoms with E-state index in [-0.39, 0.29) is 0 Å². The van der Waals surface area contributed by atoms with Crippen molar-refractivity contribution < 1.29 is 0 Å². The Kier molecular flexibility index (Phi) is 2.67. The first kappa shape index (κ1) is 10.8. The van der Waals surface area contributed by atoms with E-state index in [1.165, 1.54) is 48.0 Å². The predicted molar refractivity (Wildman–Crippen MR) is 72.5 cm³/mol. The van der Waals surface area contributed by atoms with E-state index in [4.69, 9.17) is 0 Å². The van der Waals surface area contributed by atoms with Crippen molar-refractivity contribution in [3.05, 3.63) is 35.5 Å². The Labute approximate surface area is 103 Å². The summed E-state index contributed by atoms with van der Waals surface area (Å²) in [6, 6.07) is 6.60. The minimum Gasteiger partial charge on any atom is -0.361 e. The fourth-order valence-electron chi connectivity index (χ4n) is 2.98. The first-order chi connectivity index (χ1) is 8.25. The van der Waals surface area contributed by atoms with E-state index in [0.29, 0.717) is 0 Å². The van der Waals surface area contributed by atoms with Crippen LogP contribution < -0.4 is 0 Å². The van der Waals surface area contributed by atoms with Crippen LogP contribution in [0.2, 0.25) is 0 Å². The standard InChI is InChI=1S/C15H20N2/c1-11-4-3-5-13-14(10-16-15(11)13)12-6-8-17(2)9-7-12/h3-5,10,12,16H,6-9H2,1-2H3. The maximum absolute atomic E-state index is 3.45. The van der Waals surface area contributed by atoms with E-state index in [1.807, 2.05) is 0 Å². The number of aromatic nitrogens is 1. The lowest BCUT2D eigenvalue weighted by Crippen LogP contribution is -2.29. The van der Waals surface area contributed by atoms with Gasteiger partial charge in [-0.1, -0.05) is 18.2 Å². The lowest BCUT2D eigenvalue weighted by Gasteiger charge is -2.28. The normalized spacial score (nSPS) is 18.9. The molecule has 0 atom stereocenters. The maximum Gasteiger partial charge on any atom is 0.0486 e. The summed E-state index contributed by atoms with van der Waals surface area (Å²) in [4.78, 5) is 5.88. The highest BCUT2D eigenvalue weighted by Crippen LogP contribution is 2.33. The third-order valence-electron chi connectivity index (χ3n) is 4.11. The fraction of sp³-hybridized carbons (Fsp3) is 0.467. The summed E-state index contributed by atoms with van der Waals surface area (Å²) < 4.78 is 0. The Morgan fingerprint density at radius 1 is 1.24 bits per heavy atom. The van der Waals surface area contributed by atoms with Crippen molar-refractivity contribution in [1.82, 2.24) is 9.88 Å². The second-order valence-corrected chi connectivity index (χ2v) is 5.32. The number of fused-ring (bicyclic) bond motifs is 1. The van der Waals surface area contributed by atoms with Gasteiger partial charge in [0.15, 0.2) is 0 Å². The smallest absolute Gasteiger partial charge is 0.0486 e. The number of nitrogens with one attached hydrogen (secondary N) is 1. The van der Waals surface area contributed by atoms with Gasteiger partial charge in [-0.25, -0.2) is 0 Å². The van der Waals surface area contributed by atoms with Crippen LogP contribution in [-0.4, -0.2) is 30.0 Å². The highest BCUT2D eigenvalue weighted by atomic mass is 15.1. The number of piperidine rings is 1. The average molecular weight is 228 g/mol. The van der Waals surface area contributed by atoms with E-state index in [1.54, 1.807) is 0 Å². The molecular formula is C15H20N2. The molecule has 0 aliphatic carbocycles. The first-order valence-corrected chi connectivity index (χ1v) is 6.51. The van der Waals surface area contributed by atoms with Crippen molar-refractivity contribution in [2.24, 2.45) is 0 Å². The number of nitrogens with zero attached hydrogens (tertiary/aromatic N) is 1. The Balaban J connectivity index is 1.98. The molecular weight excluding hydrogens is 208 g/mol. The van der Waals surface area contributed by atoms with Crippen molar-refractivity contribution in [3.63, 3.8) is 0 Å². The van der Waals surface area contributed by atoms with E-state index in [2.05, 4.69) is 48.3 Å². The van der Waals surface area contributed by atoms with E-state index >= 15 is 0 Å². The SMILES string of the molecule is Cc1cccc2c(C3CCN(C)CC3)c[nH]c12. The summed E-state index contributed by atoms with van der Waals surface area (Å²) in [6.45, 7) is 4.63. The molecule has 1 N–H and O–H groups in total. The van der Waals surface area contributed by atoms with Gasteiger partial charge in [0.25, 0.3) is 0 Å². The second-order valence-electron chi connectivity index (χ2n) is 5.32. The number of benzene rings is 1. The number of hydrogen-bond donors (Lipinski definition) is 1. The van der Waals surface area contributed by atoms with Gasteiger partial charge in [-0.3, -0.25) is 0 Å². The molecule has 1 aromatic carbocycles. The molecule has 0 bridgehead atoms. The molecule has 2 aromatic rings. The minimum atomic E-state index is 0.738. The summed E-state index contributed by atoms with van der Waals surface area (Å²) in [5.74, 6) is 0.738. The third kappa shape index (κ3) is 1.87. The lowest BCUT2D eigenvalue weighted by molar-refractivity contribution is 0.256. The van der Waals surface area contributed by atoms with Gasteiger partial charge in [-0.05, 0) is 56.9 Å². The molecule has 0 spiro atoms. The molecule has 1 aromatic heterocycles. The van der Waals surface area contributed by atoms with Crippen LogP contribution in [-0.2, 0) is 0 Å². The zero-order valence-corrected chi connectivity index (χ0v) is 10.7. The molecule has 0 unspecified atom stereocenters. The van der Waals surface area contributed by atoms with Gasteiger partial charge in [0.2, 0.25) is 0 Å². The van der Waals surface area contributed by atoms with Crippen molar-refractivity contribution in [2.75, 3.05) is 20.1 Å². The van der Waals surface area contributed by atoms with Crippen LogP contribution in [0.1, 0.15) is 29.9 Å². The summed E-state index contributed by atoms with van der Waals surface area (Å²) in [5, 5.41) is 1.43. The van der Waals surface area contributed by atoms with E-state index in [0.717, 1.165) is 5.92 Å². The van der Waals surface area contributed by atoms with Crippen molar-refractivity contribution in [3.8, 4) is 0 Å². The average Bonchev–Trinajstić information content (AvgIpc) is 2.75. The van der Waals surface area contributed by atoms with Crippen LogP contribution in [0.15, 0.2) is 24.4 Å². The maximum atomic E-state index is 3.45. The van der Waals surface area contributed by atoms with Gasteiger partial charge in [0.05, 0.1) is 0 Å².